The molecular weight excluding hydrogens is 316 g/mol. The molecule has 0 aromatic heterocycles. The number of benzene rings is 1. The zero-order valence-corrected chi connectivity index (χ0v) is 12.9. The monoisotopic (exact) mass is 334 g/mol. The molecule has 6 heteroatoms. The maximum Gasteiger partial charge on any atom is 0.213 e. The summed E-state index contributed by atoms with van der Waals surface area (Å²) in [7, 11) is -3.19. The first-order chi connectivity index (χ1) is 8.53. The normalized spacial score (nSPS) is 11.7. The van der Waals surface area contributed by atoms with E-state index in [2.05, 4.69) is 26.0 Å². The van der Waals surface area contributed by atoms with Crippen molar-refractivity contribution in [1.29, 1.82) is 0 Å². The van der Waals surface area contributed by atoms with E-state index in [1.807, 2.05) is 31.2 Å². The largest absolute Gasteiger partial charge is 0.316 e. The molecule has 0 amide bonds. The van der Waals surface area contributed by atoms with Crippen molar-refractivity contribution in [3.63, 3.8) is 0 Å². The van der Waals surface area contributed by atoms with Crippen LogP contribution in [0, 0.1) is 0 Å². The minimum atomic E-state index is -3.19. The van der Waals surface area contributed by atoms with Crippen LogP contribution in [-0.4, -0.2) is 27.3 Å². The summed E-state index contributed by atoms with van der Waals surface area (Å²) in [4.78, 5) is 0. The van der Waals surface area contributed by atoms with Crippen LogP contribution in [0.15, 0.2) is 28.7 Å². The third-order valence-electron chi connectivity index (χ3n) is 2.38. The lowest BCUT2D eigenvalue weighted by molar-refractivity contribution is 0.576. The van der Waals surface area contributed by atoms with Crippen molar-refractivity contribution in [2.45, 2.75) is 19.9 Å². The Balaban J connectivity index is 2.34. The highest BCUT2D eigenvalue weighted by atomic mass is 79.9. The summed E-state index contributed by atoms with van der Waals surface area (Å²) in [5.41, 5.74) is 0.947. The van der Waals surface area contributed by atoms with Gasteiger partial charge >= 0.3 is 0 Å². The summed E-state index contributed by atoms with van der Waals surface area (Å²) in [6, 6.07) is 7.57. The molecule has 0 bridgehead atoms. The van der Waals surface area contributed by atoms with Gasteiger partial charge < -0.3 is 5.32 Å². The van der Waals surface area contributed by atoms with Crippen molar-refractivity contribution in [3.8, 4) is 0 Å². The van der Waals surface area contributed by atoms with E-state index >= 15 is 0 Å². The van der Waals surface area contributed by atoms with E-state index in [4.69, 9.17) is 0 Å². The van der Waals surface area contributed by atoms with E-state index in [-0.39, 0.29) is 5.75 Å². The van der Waals surface area contributed by atoms with Gasteiger partial charge in [-0.3, -0.25) is 0 Å². The van der Waals surface area contributed by atoms with E-state index in [0.717, 1.165) is 23.0 Å². The van der Waals surface area contributed by atoms with Gasteiger partial charge in [-0.1, -0.05) is 35.0 Å². The van der Waals surface area contributed by atoms with Gasteiger partial charge in [-0.25, -0.2) is 13.1 Å². The van der Waals surface area contributed by atoms with Crippen LogP contribution in [0.4, 0.5) is 0 Å². The summed E-state index contributed by atoms with van der Waals surface area (Å²) in [5.74, 6) is 0.115. The zero-order chi connectivity index (χ0) is 13.4. The molecule has 0 unspecified atom stereocenters. The van der Waals surface area contributed by atoms with Crippen LogP contribution in [0.5, 0.6) is 0 Å². The number of rotatable bonds is 8. The van der Waals surface area contributed by atoms with Gasteiger partial charge in [-0.15, -0.1) is 0 Å². The lowest BCUT2D eigenvalue weighted by atomic mass is 10.2. The molecular formula is C12H19BrN2O2S. The molecule has 0 aliphatic carbocycles. The van der Waals surface area contributed by atoms with Crippen LogP contribution in [0.1, 0.15) is 18.9 Å². The fourth-order valence-electron chi connectivity index (χ4n) is 1.38. The Hall–Kier alpha value is -0.430. The SMILES string of the molecule is CCCNCCS(=O)(=O)NCc1ccc(Br)cc1. The van der Waals surface area contributed by atoms with E-state index < -0.39 is 10.0 Å². The molecule has 0 fully saturated rings. The molecule has 2 N–H and O–H groups in total. The molecule has 0 saturated carbocycles. The Kier molecular flexibility index (Phi) is 6.85. The van der Waals surface area contributed by atoms with Crippen LogP contribution in [0.3, 0.4) is 0 Å². The third kappa shape index (κ3) is 6.49. The molecule has 18 heavy (non-hydrogen) atoms. The maximum absolute atomic E-state index is 11.7. The highest BCUT2D eigenvalue weighted by Gasteiger charge is 2.08. The zero-order valence-electron chi connectivity index (χ0n) is 10.4. The lowest BCUT2D eigenvalue weighted by Crippen LogP contribution is -2.31. The fraction of sp³-hybridized carbons (Fsp3) is 0.500. The van der Waals surface area contributed by atoms with Crippen LogP contribution >= 0.6 is 15.9 Å². The quantitative estimate of drug-likeness (QED) is 0.713. The maximum atomic E-state index is 11.7. The standard InChI is InChI=1S/C12H19BrN2O2S/c1-2-7-14-8-9-18(16,17)15-10-11-3-5-12(13)6-4-11/h3-6,14-15H,2,7-10H2,1H3. The Bertz CT molecular complexity index is 446. The first kappa shape index (κ1) is 15.6. The van der Waals surface area contributed by atoms with Gasteiger partial charge in [0, 0.05) is 17.6 Å². The van der Waals surface area contributed by atoms with E-state index in [9.17, 15) is 8.42 Å². The van der Waals surface area contributed by atoms with Crippen molar-refractivity contribution in [3.05, 3.63) is 34.3 Å². The molecule has 1 rings (SSSR count). The van der Waals surface area contributed by atoms with Gasteiger partial charge in [-0.2, -0.15) is 0 Å². The third-order valence-corrected chi connectivity index (χ3v) is 4.24. The highest BCUT2D eigenvalue weighted by molar-refractivity contribution is 9.10. The first-order valence-corrected chi connectivity index (χ1v) is 8.40. The highest BCUT2D eigenvalue weighted by Crippen LogP contribution is 2.10. The molecule has 0 saturated heterocycles. The molecule has 0 aliphatic heterocycles. The van der Waals surface area contributed by atoms with Crippen LogP contribution in [0.2, 0.25) is 0 Å². The summed E-state index contributed by atoms with van der Waals surface area (Å²) in [6.45, 7) is 3.72. The minimum absolute atomic E-state index is 0.115. The second-order valence-electron chi connectivity index (χ2n) is 4.02. The van der Waals surface area contributed by atoms with Crippen LogP contribution < -0.4 is 10.0 Å². The van der Waals surface area contributed by atoms with Gasteiger partial charge in [0.05, 0.1) is 5.75 Å². The Labute approximate surface area is 117 Å². The molecule has 4 nitrogen and oxygen atoms in total. The first-order valence-electron chi connectivity index (χ1n) is 5.96. The van der Waals surface area contributed by atoms with Crippen molar-refractivity contribution in [2.75, 3.05) is 18.8 Å². The molecule has 1 aromatic rings. The lowest BCUT2D eigenvalue weighted by Gasteiger charge is -2.07. The van der Waals surface area contributed by atoms with E-state index in [1.54, 1.807) is 0 Å². The van der Waals surface area contributed by atoms with Gasteiger partial charge in [-0.05, 0) is 30.7 Å². The second kappa shape index (κ2) is 7.89. The predicted molar refractivity (Wildman–Crippen MR) is 77.9 cm³/mol. The summed E-state index contributed by atoms with van der Waals surface area (Å²) < 4.78 is 26.9. The van der Waals surface area contributed by atoms with Crippen molar-refractivity contribution < 1.29 is 8.42 Å². The van der Waals surface area contributed by atoms with E-state index in [1.165, 1.54) is 0 Å². The fourth-order valence-corrected chi connectivity index (χ4v) is 2.58. The average Bonchev–Trinajstić information content (AvgIpc) is 2.34. The number of hydrogen-bond acceptors (Lipinski definition) is 3. The molecule has 0 aliphatic rings. The molecule has 1 aromatic carbocycles. The number of halogens is 1. The van der Waals surface area contributed by atoms with Gasteiger partial charge in [0.25, 0.3) is 0 Å². The molecule has 0 heterocycles. The predicted octanol–water partition coefficient (Wildman–Crippen LogP) is 1.87. The van der Waals surface area contributed by atoms with Gasteiger partial charge in [0.1, 0.15) is 0 Å². The number of nitrogens with one attached hydrogen (secondary N) is 2. The molecule has 102 valence electrons. The summed E-state index contributed by atoms with van der Waals surface area (Å²) >= 11 is 3.34. The number of sulfonamides is 1. The number of hydrogen-bond donors (Lipinski definition) is 2. The molecule has 0 radical (unpaired) electrons. The van der Waals surface area contributed by atoms with Crippen LogP contribution in [0.25, 0.3) is 0 Å². The second-order valence-corrected chi connectivity index (χ2v) is 6.86. The van der Waals surface area contributed by atoms with Gasteiger partial charge in [0.2, 0.25) is 10.0 Å². The Morgan fingerprint density at radius 1 is 1.17 bits per heavy atom. The summed E-state index contributed by atoms with van der Waals surface area (Å²) in [5, 5.41) is 3.07. The smallest absolute Gasteiger partial charge is 0.213 e. The summed E-state index contributed by atoms with van der Waals surface area (Å²) in [6.07, 6.45) is 1.01. The van der Waals surface area contributed by atoms with Gasteiger partial charge in [0.15, 0.2) is 0 Å². The van der Waals surface area contributed by atoms with Crippen molar-refractivity contribution in [2.24, 2.45) is 0 Å². The van der Waals surface area contributed by atoms with Crippen molar-refractivity contribution >= 4 is 26.0 Å². The van der Waals surface area contributed by atoms with Crippen molar-refractivity contribution in [1.82, 2.24) is 10.0 Å². The molecule has 0 atom stereocenters. The Morgan fingerprint density at radius 3 is 2.44 bits per heavy atom. The van der Waals surface area contributed by atoms with E-state index in [0.29, 0.717) is 13.1 Å². The average molecular weight is 335 g/mol. The molecule has 0 spiro atoms. The Morgan fingerprint density at radius 2 is 1.83 bits per heavy atom. The van der Waals surface area contributed by atoms with Crippen LogP contribution in [-0.2, 0) is 16.6 Å². The topological polar surface area (TPSA) is 58.2 Å². The minimum Gasteiger partial charge on any atom is -0.316 e.